The fraction of sp³-hybridized carbons (Fsp3) is 0.596. The zero-order chi connectivity index (χ0) is 47.0. The summed E-state index contributed by atoms with van der Waals surface area (Å²) in [4.78, 5) is 52.6. The Kier molecular flexibility index (Phi) is 17.0. The average Bonchev–Trinajstić information content (AvgIpc) is 3.65. The van der Waals surface area contributed by atoms with Crippen LogP contribution >= 0.6 is 0 Å². The first kappa shape index (κ1) is 49.7. The standard InChI is InChI=1S/C52H76N6O7/c1-11-12-13-17-23-53-51(62)64-34(3)46-45(32-59)65-58(47(46)50(61)55-44-29-39-28-43(33(44)2)52(39,4)5)30-36-21-18-22-42(48(36)63-10)37-25-38(27-41(26-37)57(8)9)49(60)54-40(31-56(6)7)24-35-19-15-14-16-20-35/h14-16,18-22,25-27,33-34,39-40,43-47,59H,11-13,17,23-24,28-32H2,1-10H3,(H,53,62)(H,54,60)(H,55,61)/t33-,34-,39-,40-,43+,44-,45-,46+,47-/m0/s1. The summed E-state index contributed by atoms with van der Waals surface area (Å²) in [6.07, 6.45) is 4.67. The summed E-state index contributed by atoms with van der Waals surface area (Å²) in [5.41, 5.74) is 5.03. The number of likely N-dealkylation sites (N-methyl/N-ethyl adjacent to an activating group) is 1. The van der Waals surface area contributed by atoms with E-state index in [-0.39, 0.29) is 42.5 Å². The summed E-state index contributed by atoms with van der Waals surface area (Å²) in [5.74, 6) is 0.826. The molecule has 13 heteroatoms. The van der Waals surface area contributed by atoms with Gasteiger partial charge in [-0.1, -0.05) is 95.5 Å². The van der Waals surface area contributed by atoms with Gasteiger partial charge in [0.05, 0.1) is 26.2 Å². The first-order valence-electron chi connectivity index (χ1n) is 23.8. The fourth-order valence-corrected chi connectivity index (χ4v) is 10.8. The molecule has 0 spiro atoms. The van der Waals surface area contributed by atoms with Crippen molar-refractivity contribution in [2.24, 2.45) is 29.1 Å². The summed E-state index contributed by atoms with van der Waals surface area (Å²) < 4.78 is 12.2. The normalized spacial score (nSPS) is 24.4. The number of carbonyl (C=O) groups excluding carboxylic acids is 3. The van der Waals surface area contributed by atoms with Crippen LogP contribution in [0.4, 0.5) is 10.5 Å². The second kappa shape index (κ2) is 22.2. The number of hydroxylamine groups is 2. The third kappa shape index (κ3) is 11.8. The summed E-state index contributed by atoms with van der Waals surface area (Å²) in [6.45, 7) is 11.7. The van der Waals surface area contributed by atoms with Crippen molar-refractivity contribution < 1.29 is 33.8 Å². The van der Waals surface area contributed by atoms with Gasteiger partial charge in [0.25, 0.3) is 5.91 Å². The summed E-state index contributed by atoms with van der Waals surface area (Å²) in [5, 5.41) is 22.0. The molecule has 356 valence electrons. The molecule has 65 heavy (non-hydrogen) atoms. The molecule has 3 aromatic rings. The Morgan fingerprint density at radius 3 is 2.38 bits per heavy atom. The highest BCUT2D eigenvalue weighted by atomic mass is 16.7. The lowest BCUT2D eigenvalue weighted by Gasteiger charge is -2.62. The van der Waals surface area contributed by atoms with E-state index in [1.54, 1.807) is 19.1 Å². The van der Waals surface area contributed by atoms with Crippen LogP contribution in [-0.4, -0.2) is 118 Å². The number of para-hydroxylation sites is 1. The maximum absolute atomic E-state index is 14.8. The molecule has 0 aromatic heterocycles. The maximum Gasteiger partial charge on any atom is 0.407 e. The van der Waals surface area contributed by atoms with Crippen molar-refractivity contribution in [3.8, 4) is 16.9 Å². The van der Waals surface area contributed by atoms with Crippen LogP contribution in [0.3, 0.4) is 0 Å². The van der Waals surface area contributed by atoms with Gasteiger partial charge in [0.1, 0.15) is 24.0 Å². The monoisotopic (exact) mass is 897 g/mol. The number of fused-ring (bicyclic) bond motifs is 2. The predicted octanol–water partition coefficient (Wildman–Crippen LogP) is 7.31. The molecular weight excluding hydrogens is 821 g/mol. The van der Waals surface area contributed by atoms with E-state index in [4.69, 9.17) is 14.3 Å². The van der Waals surface area contributed by atoms with Gasteiger partial charge in [-0.2, -0.15) is 5.06 Å². The quantitative estimate of drug-likeness (QED) is 0.0805. The molecule has 3 aliphatic carbocycles. The van der Waals surface area contributed by atoms with Crippen LogP contribution in [0, 0.1) is 29.1 Å². The third-order valence-electron chi connectivity index (χ3n) is 14.5. The SMILES string of the molecule is CCCCCCNC(=O)O[C@@H](C)[C@@H]1[C@H](CO)ON(Cc2cccc(-c3cc(C(=O)N[C@@H](Cc4ccccc4)CN(C)C)cc(N(C)C)c3)c2OC)[C@@H]1C(=O)N[C@H]1C[C@@H]2C[C@H]([C@@H]1C)C2(C)C. The fourth-order valence-electron chi connectivity index (χ4n) is 10.8. The molecule has 4 aliphatic rings. The van der Waals surface area contributed by atoms with Gasteiger partial charge in [-0.05, 0) is 99.2 Å². The molecule has 4 fully saturated rings. The number of aliphatic hydroxyl groups is 1. The van der Waals surface area contributed by atoms with Gasteiger partial charge in [-0.3, -0.25) is 14.4 Å². The first-order chi connectivity index (χ1) is 31.1. The number of alkyl carbamates (subject to hydrolysis) is 1. The highest BCUT2D eigenvalue weighted by Crippen LogP contribution is 2.61. The number of anilines is 1. The molecule has 3 aromatic carbocycles. The number of unbranched alkanes of at least 4 members (excludes halogenated alkanes) is 3. The molecule has 13 nitrogen and oxygen atoms in total. The Hall–Kier alpha value is -4.69. The Bertz CT molecular complexity index is 2060. The average molecular weight is 897 g/mol. The molecule has 1 saturated heterocycles. The molecule has 7 rings (SSSR count). The van der Waals surface area contributed by atoms with Crippen molar-refractivity contribution in [3.63, 3.8) is 0 Å². The van der Waals surface area contributed by atoms with Gasteiger partial charge < -0.3 is 40.3 Å². The number of methoxy groups -OCH3 is 1. The molecule has 9 atom stereocenters. The van der Waals surface area contributed by atoms with Crippen molar-refractivity contribution in [2.45, 2.75) is 116 Å². The number of nitrogens with one attached hydrogen (secondary N) is 3. The highest BCUT2D eigenvalue weighted by Gasteiger charge is 2.57. The number of carbonyl (C=O) groups is 3. The minimum absolute atomic E-state index is 0.0117. The van der Waals surface area contributed by atoms with Crippen molar-refractivity contribution in [1.29, 1.82) is 0 Å². The van der Waals surface area contributed by atoms with E-state index >= 15 is 0 Å². The van der Waals surface area contributed by atoms with Crippen LogP contribution in [0.5, 0.6) is 5.75 Å². The lowest BCUT2D eigenvalue weighted by Crippen LogP contribution is -2.62. The van der Waals surface area contributed by atoms with Crippen molar-refractivity contribution in [3.05, 3.63) is 83.4 Å². The van der Waals surface area contributed by atoms with E-state index in [0.717, 1.165) is 60.0 Å². The summed E-state index contributed by atoms with van der Waals surface area (Å²) in [6, 6.07) is 20.8. The smallest absolute Gasteiger partial charge is 0.407 e. The molecule has 0 unspecified atom stereocenters. The Balaban J connectivity index is 1.29. The van der Waals surface area contributed by atoms with Gasteiger partial charge in [-0.25, -0.2) is 4.79 Å². The van der Waals surface area contributed by atoms with Gasteiger partial charge in [0.15, 0.2) is 0 Å². The van der Waals surface area contributed by atoms with Crippen LogP contribution in [0.15, 0.2) is 66.7 Å². The molecular formula is C52H76N6O7. The number of amides is 3. The van der Waals surface area contributed by atoms with Crippen LogP contribution in [0.1, 0.15) is 94.6 Å². The van der Waals surface area contributed by atoms with Crippen LogP contribution in [-0.2, 0) is 27.3 Å². The molecule has 0 radical (unpaired) electrons. The van der Waals surface area contributed by atoms with Crippen LogP contribution in [0.25, 0.3) is 11.1 Å². The van der Waals surface area contributed by atoms with Gasteiger partial charge in [-0.15, -0.1) is 0 Å². The molecule has 2 bridgehead atoms. The predicted molar refractivity (Wildman–Crippen MR) is 257 cm³/mol. The lowest BCUT2D eigenvalue weighted by molar-refractivity contribution is -0.183. The van der Waals surface area contributed by atoms with Crippen LogP contribution in [0.2, 0.25) is 0 Å². The molecule has 1 aliphatic heterocycles. The van der Waals surface area contributed by atoms with E-state index in [1.807, 2.05) is 87.7 Å². The van der Waals surface area contributed by atoms with Gasteiger partial charge in [0.2, 0.25) is 5.91 Å². The van der Waals surface area contributed by atoms with Crippen LogP contribution < -0.4 is 25.6 Å². The van der Waals surface area contributed by atoms with Crippen molar-refractivity contribution in [1.82, 2.24) is 25.9 Å². The summed E-state index contributed by atoms with van der Waals surface area (Å²) >= 11 is 0. The molecule has 1 heterocycles. The van der Waals surface area contributed by atoms with Gasteiger partial charge >= 0.3 is 6.09 Å². The third-order valence-corrected chi connectivity index (χ3v) is 14.5. The number of benzene rings is 3. The number of hydrogen-bond donors (Lipinski definition) is 4. The number of ether oxygens (including phenoxy) is 2. The largest absolute Gasteiger partial charge is 0.496 e. The maximum atomic E-state index is 14.8. The topological polar surface area (TPSA) is 145 Å². The van der Waals surface area contributed by atoms with Crippen molar-refractivity contribution >= 4 is 23.6 Å². The van der Waals surface area contributed by atoms with E-state index in [2.05, 4.69) is 60.7 Å². The van der Waals surface area contributed by atoms with E-state index in [0.29, 0.717) is 48.6 Å². The highest BCUT2D eigenvalue weighted by molar-refractivity contribution is 5.97. The minimum Gasteiger partial charge on any atom is -0.496 e. The van der Waals surface area contributed by atoms with E-state index < -0.39 is 30.3 Å². The second-order valence-electron chi connectivity index (χ2n) is 19.9. The molecule has 4 N–H and O–H groups in total. The van der Waals surface area contributed by atoms with E-state index in [9.17, 15) is 19.5 Å². The Morgan fingerprint density at radius 1 is 0.985 bits per heavy atom. The number of nitrogens with zero attached hydrogens (tertiary/aromatic N) is 3. The number of hydrogen-bond acceptors (Lipinski definition) is 10. The molecule has 3 amide bonds. The summed E-state index contributed by atoms with van der Waals surface area (Å²) in [7, 11) is 9.52. The zero-order valence-corrected chi connectivity index (χ0v) is 40.6. The second-order valence-corrected chi connectivity index (χ2v) is 19.9. The number of rotatable bonds is 21. The Labute approximate surface area is 387 Å². The number of aliphatic hydroxyl groups excluding tert-OH is 1. The zero-order valence-electron chi connectivity index (χ0n) is 40.6. The van der Waals surface area contributed by atoms with Crippen molar-refractivity contribution in [2.75, 3.05) is 59.9 Å². The first-order valence-corrected chi connectivity index (χ1v) is 23.8. The lowest BCUT2D eigenvalue weighted by atomic mass is 9.45. The minimum atomic E-state index is -0.898. The molecule has 3 saturated carbocycles. The van der Waals surface area contributed by atoms with E-state index in [1.165, 1.54) is 6.42 Å². The Morgan fingerprint density at radius 2 is 1.74 bits per heavy atom. The van der Waals surface area contributed by atoms with Gasteiger partial charge in [0, 0.05) is 61.6 Å².